The minimum absolute atomic E-state index is 0.0207. The van der Waals surface area contributed by atoms with Gasteiger partial charge in [0.25, 0.3) is 0 Å². The van der Waals surface area contributed by atoms with Crippen molar-refractivity contribution in [2.75, 3.05) is 12.4 Å². The fraction of sp³-hybridized carbons (Fsp3) is 0.158. The predicted octanol–water partition coefficient (Wildman–Crippen LogP) is 3.14. The number of hydrogen-bond acceptors (Lipinski definition) is 5. The third-order valence-electron chi connectivity index (χ3n) is 3.79. The van der Waals surface area contributed by atoms with Crippen LogP contribution in [0.2, 0.25) is 0 Å². The lowest BCUT2D eigenvalue weighted by Crippen LogP contribution is -2.30. The lowest BCUT2D eigenvalue weighted by atomic mass is 10.1. The quantitative estimate of drug-likeness (QED) is 0.533. The molecule has 0 fully saturated rings. The van der Waals surface area contributed by atoms with E-state index in [-0.39, 0.29) is 11.7 Å². The van der Waals surface area contributed by atoms with Gasteiger partial charge in [-0.05, 0) is 42.4 Å². The average molecular weight is 374 g/mol. The Kier molecular flexibility index (Phi) is 7.01. The Morgan fingerprint density at radius 2 is 1.93 bits per heavy atom. The molecule has 1 unspecified atom stereocenters. The maximum Gasteiger partial charge on any atom is 0.387 e. The monoisotopic (exact) mass is 374 g/mol. The SMILES string of the molecule is CNC(C(=O)Nc1ccc(/C(C=N)=C/N)cc1)c1cccc(OC(F)F)c1. The molecule has 0 aliphatic carbocycles. The molecule has 142 valence electrons. The average Bonchev–Trinajstić information content (AvgIpc) is 2.64. The van der Waals surface area contributed by atoms with E-state index < -0.39 is 12.7 Å². The standard InChI is InChI=1S/C19H20F2N4O2/c1-24-17(13-3-2-4-16(9-13)27-19(20)21)18(26)25-15-7-5-12(6-8-15)14(10-22)11-23/h2-11,17,19,22,24H,23H2,1H3,(H,25,26)/b14-11+,22-10?. The summed E-state index contributed by atoms with van der Waals surface area (Å²) in [5, 5.41) is 12.9. The van der Waals surface area contributed by atoms with Crippen LogP contribution in [0.15, 0.2) is 54.7 Å². The van der Waals surface area contributed by atoms with Crippen LogP contribution in [0.1, 0.15) is 17.2 Å². The van der Waals surface area contributed by atoms with Gasteiger partial charge in [-0.2, -0.15) is 8.78 Å². The van der Waals surface area contributed by atoms with Crippen molar-refractivity contribution < 1.29 is 18.3 Å². The van der Waals surface area contributed by atoms with E-state index in [1.54, 1.807) is 37.4 Å². The molecule has 0 aliphatic rings. The maximum atomic E-state index is 12.6. The number of anilines is 1. The Morgan fingerprint density at radius 3 is 2.48 bits per heavy atom. The van der Waals surface area contributed by atoms with E-state index in [1.165, 1.54) is 24.4 Å². The first-order valence-corrected chi connectivity index (χ1v) is 8.04. The molecule has 8 heteroatoms. The van der Waals surface area contributed by atoms with Gasteiger partial charge in [-0.1, -0.05) is 24.3 Å². The van der Waals surface area contributed by atoms with E-state index >= 15 is 0 Å². The molecule has 1 amide bonds. The van der Waals surface area contributed by atoms with Gasteiger partial charge in [0.05, 0.1) is 0 Å². The highest BCUT2D eigenvalue weighted by Crippen LogP contribution is 2.22. The molecule has 27 heavy (non-hydrogen) atoms. The Hall–Kier alpha value is -3.26. The molecule has 0 aliphatic heterocycles. The summed E-state index contributed by atoms with van der Waals surface area (Å²) in [6, 6.07) is 12.0. The molecule has 0 saturated heterocycles. The van der Waals surface area contributed by atoms with Crippen LogP contribution in [0.5, 0.6) is 5.75 Å². The van der Waals surface area contributed by atoms with Crippen molar-refractivity contribution in [3.63, 3.8) is 0 Å². The summed E-state index contributed by atoms with van der Waals surface area (Å²) in [6.07, 6.45) is 2.46. The van der Waals surface area contributed by atoms with Gasteiger partial charge in [-0.15, -0.1) is 0 Å². The second-order valence-electron chi connectivity index (χ2n) is 5.51. The lowest BCUT2D eigenvalue weighted by molar-refractivity contribution is -0.118. The maximum absolute atomic E-state index is 12.6. The molecule has 0 spiro atoms. The number of allylic oxidation sites excluding steroid dienone is 1. The summed E-state index contributed by atoms with van der Waals surface area (Å²) < 4.78 is 29.1. The van der Waals surface area contributed by atoms with Crippen LogP contribution in [0.3, 0.4) is 0 Å². The highest BCUT2D eigenvalue weighted by Gasteiger charge is 2.20. The zero-order valence-electron chi connectivity index (χ0n) is 14.6. The van der Waals surface area contributed by atoms with Gasteiger partial charge in [0.2, 0.25) is 5.91 Å². The molecule has 6 nitrogen and oxygen atoms in total. The molecule has 2 aromatic rings. The van der Waals surface area contributed by atoms with Gasteiger partial charge >= 0.3 is 6.61 Å². The molecule has 0 radical (unpaired) electrons. The van der Waals surface area contributed by atoms with E-state index in [2.05, 4.69) is 15.4 Å². The number of hydrogen-bond donors (Lipinski definition) is 4. The van der Waals surface area contributed by atoms with Crippen LogP contribution < -0.4 is 21.1 Å². The Bertz CT molecular complexity index is 823. The van der Waals surface area contributed by atoms with E-state index in [0.29, 0.717) is 16.8 Å². The number of carbonyl (C=O) groups is 1. The third-order valence-corrected chi connectivity index (χ3v) is 3.79. The van der Waals surface area contributed by atoms with E-state index in [0.717, 1.165) is 11.8 Å². The van der Waals surface area contributed by atoms with Crippen LogP contribution in [0, 0.1) is 5.41 Å². The Morgan fingerprint density at radius 1 is 1.22 bits per heavy atom. The number of nitrogens with two attached hydrogens (primary N) is 1. The van der Waals surface area contributed by atoms with Gasteiger partial charge in [-0.25, -0.2) is 0 Å². The highest BCUT2D eigenvalue weighted by molar-refractivity contribution is 6.08. The van der Waals surface area contributed by atoms with Gasteiger partial charge in [0, 0.05) is 23.7 Å². The molecule has 0 aromatic heterocycles. The van der Waals surface area contributed by atoms with E-state index in [1.807, 2.05) is 0 Å². The molecule has 2 rings (SSSR count). The summed E-state index contributed by atoms with van der Waals surface area (Å²) >= 11 is 0. The smallest absolute Gasteiger partial charge is 0.387 e. The van der Waals surface area contributed by atoms with Crippen LogP contribution >= 0.6 is 0 Å². The number of carbonyl (C=O) groups excluding carboxylic acids is 1. The van der Waals surface area contributed by atoms with Crippen molar-refractivity contribution in [3.05, 3.63) is 65.9 Å². The normalized spacial score (nSPS) is 12.5. The third kappa shape index (κ3) is 5.35. The first kappa shape index (κ1) is 20.1. The number of rotatable bonds is 8. The van der Waals surface area contributed by atoms with Crippen molar-refractivity contribution in [1.82, 2.24) is 5.32 Å². The molecule has 1 atom stereocenters. The molecule has 0 heterocycles. The molecular formula is C19H20F2N4O2. The number of likely N-dealkylation sites (N-methyl/N-ethyl adjacent to an activating group) is 1. The van der Waals surface area contributed by atoms with Crippen molar-refractivity contribution in [1.29, 1.82) is 5.41 Å². The number of nitrogens with one attached hydrogen (secondary N) is 3. The van der Waals surface area contributed by atoms with Crippen molar-refractivity contribution in [2.45, 2.75) is 12.7 Å². The summed E-state index contributed by atoms with van der Waals surface area (Å²) in [5.74, 6) is -0.381. The number of halogens is 2. The van der Waals surface area contributed by atoms with E-state index in [4.69, 9.17) is 11.1 Å². The summed E-state index contributed by atoms with van der Waals surface area (Å²) in [7, 11) is 1.59. The Balaban J connectivity index is 2.14. The zero-order chi connectivity index (χ0) is 19.8. The van der Waals surface area contributed by atoms with Crippen LogP contribution in [-0.2, 0) is 4.79 Å². The van der Waals surface area contributed by atoms with Crippen LogP contribution in [-0.4, -0.2) is 25.8 Å². The van der Waals surface area contributed by atoms with Gasteiger partial charge < -0.3 is 26.5 Å². The minimum atomic E-state index is -2.94. The molecule has 5 N–H and O–H groups in total. The van der Waals surface area contributed by atoms with Gasteiger partial charge in [0.1, 0.15) is 11.8 Å². The first-order valence-electron chi connectivity index (χ1n) is 8.04. The van der Waals surface area contributed by atoms with Gasteiger partial charge in [0.15, 0.2) is 0 Å². The topological polar surface area (TPSA) is 100 Å². The van der Waals surface area contributed by atoms with Gasteiger partial charge in [-0.3, -0.25) is 4.79 Å². The summed E-state index contributed by atoms with van der Waals surface area (Å²) in [6.45, 7) is -2.94. The van der Waals surface area contributed by atoms with E-state index in [9.17, 15) is 13.6 Å². The second kappa shape index (κ2) is 9.44. The largest absolute Gasteiger partial charge is 0.435 e. The predicted molar refractivity (Wildman–Crippen MR) is 101 cm³/mol. The molecule has 0 bridgehead atoms. The molecule has 0 saturated carbocycles. The summed E-state index contributed by atoms with van der Waals surface area (Å²) in [4.78, 5) is 12.6. The number of ether oxygens (including phenoxy) is 1. The zero-order valence-corrected chi connectivity index (χ0v) is 14.6. The van der Waals surface area contributed by atoms with Crippen molar-refractivity contribution in [3.8, 4) is 5.75 Å². The number of amides is 1. The van der Waals surface area contributed by atoms with Crippen molar-refractivity contribution >= 4 is 23.4 Å². The summed E-state index contributed by atoms with van der Waals surface area (Å²) in [5.41, 5.74) is 7.78. The van der Waals surface area contributed by atoms with Crippen molar-refractivity contribution in [2.24, 2.45) is 5.73 Å². The van der Waals surface area contributed by atoms with Crippen LogP contribution in [0.25, 0.3) is 5.57 Å². The first-order chi connectivity index (χ1) is 13.0. The Labute approximate surface area is 155 Å². The molecule has 2 aromatic carbocycles. The second-order valence-corrected chi connectivity index (χ2v) is 5.51. The number of alkyl halides is 2. The van der Waals surface area contributed by atoms with Crippen LogP contribution in [0.4, 0.5) is 14.5 Å². The number of benzene rings is 2. The lowest BCUT2D eigenvalue weighted by Gasteiger charge is -2.17. The highest BCUT2D eigenvalue weighted by atomic mass is 19.3. The fourth-order valence-corrected chi connectivity index (χ4v) is 2.51. The fourth-order valence-electron chi connectivity index (χ4n) is 2.51. The molecular weight excluding hydrogens is 354 g/mol. The minimum Gasteiger partial charge on any atom is -0.435 e.